The number of hydrogen-bond donors (Lipinski definition) is 2. The number of fused-ring (bicyclic) bond motifs is 5. The van der Waals surface area contributed by atoms with Gasteiger partial charge in [0.15, 0.2) is 11.9 Å². The number of Topliss-reactive ketones (excluding diaryl/α,β-unsaturated/α-hetero) is 1. The van der Waals surface area contributed by atoms with Crippen LogP contribution in [0.5, 0.6) is 5.75 Å². The fraction of sp³-hybridized carbons (Fsp3) is 0.355. The van der Waals surface area contributed by atoms with Gasteiger partial charge in [-0.15, -0.1) is 0 Å². The number of carboxylic acid groups (broad SMARTS) is 1. The van der Waals surface area contributed by atoms with E-state index in [1.807, 2.05) is 31.2 Å². The number of carbonyl (C=O) groups excluding carboxylic acids is 1. The molecule has 2 aromatic carbocycles. The number of benzene rings is 2. The van der Waals surface area contributed by atoms with Crippen molar-refractivity contribution in [3.8, 4) is 16.9 Å². The van der Waals surface area contributed by atoms with Crippen LogP contribution < -0.4 is 15.0 Å². The minimum Gasteiger partial charge on any atom is -0.479 e. The second-order valence-corrected chi connectivity index (χ2v) is 11.1. The molecule has 0 spiro atoms. The zero-order valence-corrected chi connectivity index (χ0v) is 22.2. The van der Waals surface area contributed by atoms with E-state index in [-0.39, 0.29) is 11.3 Å². The number of halogens is 1. The highest BCUT2D eigenvalue weighted by atomic mass is 19.1. The molecular formula is C31H30FN3O5. The van der Waals surface area contributed by atoms with Gasteiger partial charge in [-0.05, 0) is 66.8 Å². The Morgan fingerprint density at radius 1 is 1.18 bits per heavy atom. The Morgan fingerprint density at radius 2 is 1.98 bits per heavy atom. The van der Waals surface area contributed by atoms with E-state index in [4.69, 9.17) is 9.47 Å². The molecule has 3 heterocycles. The Bertz CT molecular complexity index is 1540. The van der Waals surface area contributed by atoms with Gasteiger partial charge in [-0.3, -0.25) is 9.69 Å². The Morgan fingerprint density at radius 3 is 2.77 bits per heavy atom. The molecule has 1 fully saturated rings. The van der Waals surface area contributed by atoms with Crippen molar-refractivity contribution in [3.63, 3.8) is 0 Å². The molecule has 0 amide bonds. The van der Waals surface area contributed by atoms with Crippen molar-refractivity contribution in [2.75, 3.05) is 44.3 Å². The molecule has 0 saturated carbocycles. The Balaban J connectivity index is 1.28. The minimum absolute atomic E-state index is 0.0697. The third kappa shape index (κ3) is 3.72. The molecule has 2 unspecified atom stereocenters. The molecule has 1 saturated heterocycles. The highest BCUT2D eigenvalue weighted by Gasteiger charge is 2.58. The maximum Gasteiger partial charge on any atom is 0.341 e. The predicted octanol–water partition coefficient (Wildman–Crippen LogP) is 3.57. The molecule has 0 radical (unpaired) electrons. The quantitative estimate of drug-likeness (QED) is 0.360. The normalized spacial score (nSPS) is 24.8. The maximum atomic E-state index is 15.7. The molecular weight excluding hydrogens is 513 g/mol. The molecule has 3 aliphatic heterocycles. The number of rotatable bonds is 6. The van der Waals surface area contributed by atoms with Gasteiger partial charge in [-0.25, -0.2) is 9.18 Å². The Kier molecular flexibility index (Phi) is 5.83. The average Bonchev–Trinajstić information content (AvgIpc) is 3.31. The molecule has 8 nitrogen and oxygen atoms in total. The van der Waals surface area contributed by atoms with E-state index < -0.39 is 34.8 Å². The third-order valence-corrected chi connectivity index (χ3v) is 8.77. The molecule has 0 aromatic heterocycles. The fourth-order valence-electron chi connectivity index (χ4n) is 6.65. The molecule has 9 heteroatoms. The zero-order valence-electron chi connectivity index (χ0n) is 22.2. The predicted molar refractivity (Wildman–Crippen MR) is 147 cm³/mol. The first-order valence-corrected chi connectivity index (χ1v) is 13.7. The van der Waals surface area contributed by atoms with Gasteiger partial charge in [-0.1, -0.05) is 24.3 Å². The lowest BCUT2D eigenvalue weighted by molar-refractivity contribution is -0.134. The van der Waals surface area contributed by atoms with Crippen LogP contribution in [0.2, 0.25) is 0 Å². The number of ketones is 1. The molecule has 5 aliphatic rings. The number of nitrogens with one attached hydrogen (secondary N) is 1. The zero-order chi connectivity index (χ0) is 27.6. The Hall–Kier alpha value is -3.95. The summed E-state index contributed by atoms with van der Waals surface area (Å²) >= 11 is 0. The number of aliphatic carboxylic acids is 1. The molecule has 2 atom stereocenters. The first-order chi connectivity index (χ1) is 19.4. The topological polar surface area (TPSA) is 91.3 Å². The maximum absolute atomic E-state index is 15.7. The van der Waals surface area contributed by atoms with Gasteiger partial charge in [0.1, 0.15) is 22.7 Å². The lowest BCUT2D eigenvalue weighted by Crippen LogP contribution is -2.65. The summed E-state index contributed by atoms with van der Waals surface area (Å²) in [5.41, 5.74) is 3.92. The van der Waals surface area contributed by atoms with Crippen LogP contribution in [0.3, 0.4) is 0 Å². The first-order valence-electron chi connectivity index (χ1n) is 13.7. The number of allylic oxidation sites excluding steroid dienone is 2. The van der Waals surface area contributed by atoms with E-state index in [0.717, 1.165) is 62.4 Å². The van der Waals surface area contributed by atoms with E-state index in [1.165, 1.54) is 17.8 Å². The molecule has 206 valence electrons. The SMILES string of the molecule is CC12C3=CC(F)=C(NCCCN4CCOCC4)C1Oc1cc4c(cc1N2C=C(C(=O)O)C3=O)-c1ccccc1C4. The lowest BCUT2D eigenvalue weighted by Gasteiger charge is -2.54. The van der Waals surface area contributed by atoms with Crippen molar-refractivity contribution >= 4 is 17.4 Å². The molecule has 2 N–H and O–H groups in total. The van der Waals surface area contributed by atoms with E-state index in [9.17, 15) is 14.7 Å². The van der Waals surface area contributed by atoms with Crippen molar-refractivity contribution in [2.45, 2.75) is 31.4 Å². The summed E-state index contributed by atoms with van der Waals surface area (Å²) in [4.78, 5) is 29.6. The first kappa shape index (κ1) is 25.0. The summed E-state index contributed by atoms with van der Waals surface area (Å²) < 4.78 is 27.7. The fourth-order valence-corrected chi connectivity index (χ4v) is 6.65. The number of ether oxygens (including phenoxy) is 2. The monoisotopic (exact) mass is 543 g/mol. The van der Waals surface area contributed by atoms with Crippen molar-refractivity contribution in [1.29, 1.82) is 0 Å². The van der Waals surface area contributed by atoms with Crippen LogP contribution >= 0.6 is 0 Å². The van der Waals surface area contributed by atoms with E-state index >= 15 is 4.39 Å². The van der Waals surface area contributed by atoms with Crippen molar-refractivity contribution < 1.29 is 28.6 Å². The van der Waals surface area contributed by atoms with E-state index in [1.54, 1.807) is 4.90 Å². The van der Waals surface area contributed by atoms with Crippen LogP contribution in [-0.4, -0.2) is 72.8 Å². The van der Waals surface area contributed by atoms with E-state index in [0.29, 0.717) is 18.0 Å². The molecule has 0 bridgehead atoms. The Labute approximate surface area is 231 Å². The molecule has 2 aromatic rings. The number of carboxylic acids is 1. The summed E-state index contributed by atoms with van der Waals surface area (Å²) in [6.07, 6.45) is 3.25. The van der Waals surface area contributed by atoms with Crippen molar-refractivity contribution in [2.24, 2.45) is 0 Å². The molecule has 7 rings (SSSR count). The average molecular weight is 544 g/mol. The number of carbonyl (C=O) groups is 2. The van der Waals surface area contributed by atoms with Crippen LogP contribution in [-0.2, 0) is 20.7 Å². The van der Waals surface area contributed by atoms with Gasteiger partial charge in [-0.2, -0.15) is 0 Å². The number of hydrogen-bond acceptors (Lipinski definition) is 7. The highest BCUT2D eigenvalue weighted by molar-refractivity contribution is 6.26. The minimum atomic E-state index is -1.35. The second kappa shape index (κ2) is 9.31. The van der Waals surface area contributed by atoms with Gasteiger partial charge in [0.25, 0.3) is 0 Å². The molecule has 2 aliphatic carbocycles. The van der Waals surface area contributed by atoms with Crippen LogP contribution in [0.4, 0.5) is 10.1 Å². The van der Waals surface area contributed by atoms with Crippen LogP contribution in [0, 0.1) is 0 Å². The van der Waals surface area contributed by atoms with E-state index in [2.05, 4.69) is 22.3 Å². The lowest BCUT2D eigenvalue weighted by atomic mass is 9.72. The highest BCUT2D eigenvalue weighted by Crippen LogP contribution is 2.54. The summed E-state index contributed by atoms with van der Waals surface area (Å²) in [6.45, 7) is 6.41. The van der Waals surface area contributed by atoms with Gasteiger partial charge < -0.3 is 24.8 Å². The number of morpholine rings is 1. The molecule has 40 heavy (non-hydrogen) atoms. The summed E-state index contributed by atoms with van der Waals surface area (Å²) in [5, 5.41) is 13.2. The summed E-state index contributed by atoms with van der Waals surface area (Å²) in [7, 11) is 0. The largest absolute Gasteiger partial charge is 0.479 e. The standard InChI is InChI=1S/C31H30FN3O5/c1-31-23-16-24(32)27(33-7-4-8-34-9-11-39-12-10-34)29(31)40-26-14-19-13-18-5-2-3-6-20(18)21(19)15-25(26)35(31)17-22(28(23)36)30(37)38/h2-3,5-6,14-17,29,33H,4,7-13H2,1H3,(H,37,38). The van der Waals surface area contributed by atoms with Gasteiger partial charge in [0.2, 0.25) is 0 Å². The van der Waals surface area contributed by atoms with Crippen LogP contribution in [0.15, 0.2) is 71.3 Å². The second-order valence-electron chi connectivity index (χ2n) is 11.1. The number of anilines is 1. The van der Waals surface area contributed by atoms with Crippen LogP contribution in [0.25, 0.3) is 11.1 Å². The van der Waals surface area contributed by atoms with Crippen molar-refractivity contribution in [1.82, 2.24) is 10.2 Å². The smallest absolute Gasteiger partial charge is 0.341 e. The summed E-state index contributed by atoms with van der Waals surface area (Å²) in [5.74, 6) is -2.12. The summed E-state index contributed by atoms with van der Waals surface area (Å²) in [6, 6.07) is 12.2. The van der Waals surface area contributed by atoms with Gasteiger partial charge in [0.05, 0.1) is 24.6 Å². The van der Waals surface area contributed by atoms with Crippen LogP contribution in [0.1, 0.15) is 24.5 Å². The van der Waals surface area contributed by atoms with Crippen molar-refractivity contribution in [3.05, 3.63) is 82.5 Å². The third-order valence-electron chi connectivity index (χ3n) is 8.77. The number of nitrogens with zero attached hydrogens (tertiary/aromatic N) is 2. The van der Waals surface area contributed by atoms with Gasteiger partial charge >= 0.3 is 5.97 Å². The van der Waals surface area contributed by atoms with Gasteiger partial charge in [0, 0.05) is 31.4 Å².